The number of carbonyl (C=O) groups excluding carboxylic acids is 1. The van der Waals surface area contributed by atoms with Gasteiger partial charge in [0.2, 0.25) is 0 Å². The van der Waals surface area contributed by atoms with Crippen molar-refractivity contribution in [3.8, 4) is 11.1 Å². The van der Waals surface area contributed by atoms with E-state index in [4.69, 9.17) is 0 Å². The van der Waals surface area contributed by atoms with Crippen LogP contribution in [0.3, 0.4) is 0 Å². The lowest BCUT2D eigenvalue weighted by molar-refractivity contribution is 0.0930. The van der Waals surface area contributed by atoms with Crippen LogP contribution in [0.15, 0.2) is 60.9 Å². The number of aryl methyl sites for hydroxylation is 1. The molecule has 3 aromatic rings. The standard InChI is InChI=1S/C21H24N4O/c1-15-11-17(9-10-19(15)18-12-22-23-13-18)21(26)24-20(14-25(2)3)16-7-5-4-6-8-16/h4-13,20H,14H2,1-3H3,(H,22,23)(H,24,26)/t20-/m1/s1. The van der Waals surface area contributed by atoms with Gasteiger partial charge < -0.3 is 10.2 Å². The summed E-state index contributed by atoms with van der Waals surface area (Å²) in [5.74, 6) is -0.0671. The third-order valence-corrected chi connectivity index (χ3v) is 4.35. The van der Waals surface area contributed by atoms with E-state index in [-0.39, 0.29) is 11.9 Å². The van der Waals surface area contributed by atoms with E-state index < -0.39 is 0 Å². The lowest BCUT2D eigenvalue weighted by Crippen LogP contribution is -2.35. The van der Waals surface area contributed by atoms with Crippen molar-refractivity contribution < 1.29 is 4.79 Å². The van der Waals surface area contributed by atoms with Gasteiger partial charge in [0.15, 0.2) is 0 Å². The van der Waals surface area contributed by atoms with E-state index in [2.05, 4.69) is 20.4 Å². The van der Waals surface area contributed by atoms with Crippen LogP contribution in [0.2, 0.25) is 0 Å². The van der Waals surface area contributed by atoms with Gasteiger partial charge in [0.1, 0.15) is 0 Å². The molecule has 26 heavy (non-hydrogen) atoms. The highest BCUT2D eigenvalue weighted by Gasteiger charge is 2.17. The third kappa shape index (κ3) is 4.18. The zero-order valence-electron chi connectivity index (χ0n) is 15.4. The van der Waals surface area contributed by atoms with Crippen molar-refractivity contribution in [2.75, 3.05) is 20.6 Å². The van der Waals surface area contributed by atoms with Crippen molar-refractivity contribution in [3.05, 3.63) is 77.6 Å². The zero-order chi connectivity index (χ0) is 18.5. The Bertz CT molecular complexity index is 857. The van der Waals surface area contributed by atoms with Gasteiger partial charge >= 0.3 is 0 Å². The van der Waals surface area contributed by atoms with Crippen LogP contribution >= 0.6 is 0 Å². The second-order valence-electron chi connectivity index (χ2n) is 6.72. The van der Waals surface area contributed by atoms with Gasteiger partial charge in [-0.25, -0.2) is 0 Å². The number of H-pyrrole nitrogens is 1. The van der Waals surface area contributed by atoms with Crippen LogP contribution in [0.25, 0.3) is 11.1 Å². The van der Waals surface area contributed by atoms with Gasteiger partial charge in [-0.15, -0.1) is 0 Å². The summed E-state index contributed by atoms with van der Waals surface area (Å²) in [4.78, 5) is 14.9. The molecule has 2 aromatic carbocycles. The normalized spacial score (nSPS) is 12.2. The van der Waals surface area contributed by atoms with Crippen LogP contribution in [-0.4, -0.2) is 41.6 Å². The van der Waals surface area contributed by atoms with Gasteiger partial charge in [-0.1, -0.05) is 36.4 Å². The lowest BCUT2D eigenvalue weighted by Gasteiger charge is -2.23. The van der Waals surface area contributed by atoms with E-state index in [0.717, 1.165) is 28.8 Å². The predicted octanol–water partition coefficient (Wildman–Crippen LogP) is 3.42. The Morgan fingerprint density at radius 3 is 2.58 bits per heavy atom. The number of aromatic nitrogens is 2. The number of hydrogen-bond donors (Lipinski definition) is 2. The van der Waals surface area contributed by atoms with Crippen molar-refractivity contribution in [1.82, 2.24) is 20.4 Å². The Morgan fingerprint density at radius 2 is 1.96 bits per heavy atom. The summed E-state index contributed by atoms with van der Waals surface area (Å²) in [6, 6.07) is 15.8. The maximum atomic E-state index is 12.8. The smallest absolute Gasteiger partial charge is 0.251 e. The SMILES string of the molecule is Cc1cc(C(=O)N[C@H](CN(C)C)c2ccccc2)ccc1-c1cn[nH]c1. The molecule has 0 saturated carbocycles. The van der Waals surface area contributed by atoms with Crippen molar-refractivity contribution in [3.63, 3.8) is 0 Å². The highest BCUT2D eigenvalue weighted by molar-refractivity contribution is 5.95. The molecule has 0 aliphatic heterocycles. The lowest BCUT2D eigenvalue weighted by atomic mass is 10.00. The van der Waals surface area contributed by atoms with Gasteiger partial charge in [-0.05, 0) is 49.8 Å². The second-order valence-corrected chi connectivity index (χ2v) is 6.72. The van der Waals surface area contributed by atoms with Gasteiger partial charge in [0.05, 0.1) is 12.2 Å². The highest BCUT2D eigenvalue weighted by atomic mass is 16.1. The van der Waals surface area contributed by atoms with Crippen LogP contribution in [-0.2, 0) is 0 Å². The molecule has 1 amide bonds. The third-order valence-electron chi connectivity index (χ3n) is 4.35. The molecule has 0 aliphatic rings. The fourth-order valence-corrected chi connectivity index (χ4v) is 3.05. The first-order chi connectivity index (χ1) is 12.5. The van der Waals surface area contributed by atoms with Crippen LogP contribution in [0.4, 0.5) is 0 Å². The van der Waals surface area contributed by atoms with Gasteiger partial charge in [0, 0.05) is 23.9 Å². The minimum Gasteiger partial charge on any atom is -0.344 e. The number of amides is 1. The van der Waals surface area contributed by atoms with E-state index in [1.54, 1.807) is 6.20 Å². The van der Waals surface area contributed by atoms with E-state index in [0.29, 0.717) is 5.56 Å². The zero-order valence-corrected chi connectivity index (χ0v) is 15.4. The Kier molecular flexibility index (Phi) is 5.49. The van der Waals surface area contributed by atoms with Crippen molar-refractivity contribution in [1.29, 1.82) is 0 Å². The first-order valence-corrected chi connectivity index (χ1v) is 8.65. The molecule has 0 saturated heterocycles. The summed E-state index contributed by atoms with van der Waals surface area (Å²) in [7, 11) is 4.01. The number of rotatable bonds is 6. The van der Waals surface area contributed by atoms with Crippen molar-refractivity contribution in [2.24, 2.45) is 0 Å². The molecule has 1 heterocycles. The topological polar surface area (TPSA) is 61.0 Å². The number of nitrogens with one attached hydrogen (secondary N) is 2. The fourth-order valence-electron chi connectivity index (χ4n) is 3.05. The molecule has 134 valence electrons. The summed E-state index contributed by atoms with van der Waals surface area (Å²) >= 11 is 0. The fraction of sp³-hybridized carbons (Fsp3) is 0.238. The molecule has 0 fully saturated rings. The Labute approximate surface area is 154 Å². The molecule has 3 rings (SSSR count). The average Bonchev–Trinajstić information content (AvgIpc) is 3.15. The van der Waals surface area contributed by atoms with E-state index in [9.17, 15) is 4.79 Å². The van der Waals surface area contributed by atoms with Crippen LogP contribution < -0.4 is 5.32 Å². The molecule has 0 aliphatic carbocycles. The van der Waals surface area contributed by atoms with Crippen LogP contribution in [0.5, 0.6) is 0 Å². The summed E-state index contributed by atoms with van der Waals surface area (Å²) < 4.78 is 0. The van der Waals surface area contributed by atoms with E-state index in [1.807, 2.05) is 75.7 Å². The van der Waals surface area contributed by atoms with Gasteiger partial charge in [-0.2, -0.15) is 5.10 Å². The molecule has 0 radical (unpaired) electrons. The van der Waals surface area contributed by atoms with E-state index >= 15 is 0 Å². The maximum absolute atomic E-state index is 12.8. The summed E-state index contributed by atoms with van der Waals surface area (Å²) in [6.07, 6.45) is 3.63. The van der Waals surface area contributed by atoms with Crippen LogP contribution in [0.1, 0.15) is 27.5 Å². The average molecular weight is 348 g/mol. The minimum atomic E-state index is -0.0671. The maximum Gasteiger partial charge on any atom is 0.251 e. The van der Waals surface area contributed by atoms with Crippen molar-refractivity contribution in [2.45, 2.75) is 13.0 Å². The molecular formula is C21H24N4O. The van der Waals surface area contributed by atoms with Gasteiger partial charge in [-0.3, -0.25) is 9.89 Å². The molecular weight excluding hydrogens is 324 g/mol. The summed E-state index contributed by atoms with van der Waals surface area (Å²) in [5, 5.41) is 9.97. The molecule has 1 aromatic heterocycles. The first kappa shape index (κ1) is 17.9. The van der Waals surface area contributed by atoms with E-state index in [1.165, 1.54) is 0 Å². The number of hydrogen-bond acceptors (Lipinski definition) is 3. The summed E-state index contributed by atoms with van der Waals surface area (Å²) in [5.41, 5.74) is 4.89. The molecule has 2 N–H and O–H groups in total. The highest BCUT2D eigenvalue weighted by Crippen LogP contribution is 2.23. The Hall–Kier alpha value is -2.92. The Morgan fingerprint density at radius 1 is 1.19 bits per heavy atom. The predicted molar refractivity (Wildman–Crippen MR) is 104 cm³/mol. The largest absolute Gasteiger partial charge is 0.344 e. The number of benzene rings is 2. The van der Waals surface area contributed by atoms with Crippen LogP contribution in [0, 0.1) is 6.92 Å². The minimum absolute atomic E-state index is 0.0624. The first-order valence-electron chi connectivity index (χ1n) is 8.65. The molecule has 5 nitrogen and oxygen atoms in total. The number of carbonyl (C=O) groups is 1. The monoisotopic (exact) mass is 348 g/mol. The molecule has 1 atom stereocenters. The number of aromatic amines is 1. The molecule has 0 bridgehead atoms. The van der Waals surface area contributed by atoms with Gasteiger partial charge in [0.25, 0.3) is 5.91 Å². The quantitative estimate of drug-likeness (QED) is 0.717. The summed E-state index contributed by atoms with van der Waals surface area (Å²) in [6.45, 7) is 2.75. The Balaban J connectivity index is 1.80. The molecule has 0 unspecified atom stereocenters. The molecule has 0 spiro atoms. The van der Waals surface area contributed by atoms with Crippen molar-refractivity contribution >= 4 is 5.91 Å². The number of nitrogens with zero attached hydrogens (tertiary/aromatic N) is 2. The second kappa shape index (κ2) is 7.97. The number of likely N-dealkylation sites (N-methyl/N-ethyl adjacent to an activating group) is 1. The molecule has 5 heteroatoms.